The Morgan fingerprint density at radius 1 is 1.17 bits per heavy atom. The smallest absolute Gasteiger partial charge is 0.303 e. The lowest BCUT2D eigenvalue weighted by Gasteiger charge is -2.47. The van der Waals surface area contributed by atoms with Gasteiger partial charge < -0.3 is 5.11 Å². The van der Waals surface area contributed by atoms with Crippen molar-refractivity contribution in [2.45, 2.75) is 78.1 Å². The van der Waals surface area contributed by atoms with E-state index in [4.69, 9.17) is 5.11 Å². The molecule has 1 N–H and O–H groups in total. The summed E-state index contributed by atoms with van der Waals surface area (Å²) in [6, 6.07) is 8.92. The van der Waals surface area contributed by atoms with Gasteiger partial charge in [0.05, 0.1) is 0 Å². The molecule has 2 heteroatoms. The van der Waals surface area contributed by atoms with E-state index in [2.05, 4.69) is 58.9 Å². The van der Waals surface area contributed by atoms with Crippen molar-refractivity contribution >= 4 is 5.97 Å². The maximum Gasteiger partial charge on any atom is 0.303 e. The van der Waals surface area contributed by atoms with E-state index in [-0.39, 0.29) is 10.8 Å². The second-order valence-electron chi connectivity index (χ2n) is 8.11. The van der Waals surface area contributed by atoms with E-state index in [0.29, 0.717) is 18.3 Å². The summed E-state index contributed by atoms with van der Waals surface area (Å²) >= 11 is 0. The molecule has 0 spiro atoms. The van der Waals surface area contributed by atoms with Crippen LogP contribution in [0.3, 0.4) is 0 Å². The summed E-state index contributed by atoms with van der Waals surface area (Å²) in [5, 5.41) is 8.74. The van der Waals surface area contributed by atoms with Crippen molar-refractivity contribution in [2.75, 3.05) is 0 Å². The van der Waals surface area contributed by atoms with Crippen molar-refractivity contribution < 1.29 is 9.90 Å². The molecule has 0 fully saturated rings. The van der Waals surface area contributed by atoms with Crippen LogP contribution in [0.4, 0.5) is 0 Å². The molecule has 2 rings (SSSR count). The Hall–Kier alpha value is -1.31. The van der Waals surface area contributed by atoms with Gasteiger partial charge in [0.1, 0.15) is 0 Å². The molecule has 3 atom stereocenters. The third kappa shape index (κ3) is 3.05. The molecule has 0 aromatic heterocycles. The molecule has 0 radical (unpaired) electrons. The number of benzene rings is 1. The van der Waals surface area contributed by atoms with Gasteiger partial charge in [-0.1, -0.05) is 78.1 Å². The summed E-state index contributed by atoms with van der Waals surface area (Å²) in [5.74, 6) is 0.499. The van der Waals surface area contributed by atoms with Crippen LogP contribution in [0.1, 0.15) is 83.8 Å². The first-order chi connectivity index (χ1) is 10.7. The summed E-state index contributed by atoms with van der Waals surface area (Å²) in [4.78, 5) is 10.6. The zero-order valence-corrected chi connectivity index (χ0v) is 15.4. The molecule has 0 aliphatic heterocycles. The van der Waals surface area contributed by atoms with Gasteiger partial charge in [-0.2, -0.15) is 0 Å². The Morgan fingerprint density at radius 3 is 2.43 bits per heavy atom. The van der Waals surface area contributed by atoms with Crippen molar-refractivity contribution in [1.29, 1.82) is 0 Å². The highest BCUT2D eigenvalue weighted by Gasteiger charge is 2.55. The summed E-state index contributed by atoms with van der Waals surface area (Å²) in [6.07, 6.45) is 4.44. The molecule has 1 aromatic carbocycles. The first-order valence-electron chi connectivity index (χ1n) is 9.04. The second-order valence-corrected chi connectivity index (χ2v) is 8.11. The number of carboxylic acids is 1. The average molecular weight is 316 g/mol. The number of hydrogen-bond donors (Lipinski definition) is 1. The largest absolute Gasteiger partial charge is 0.481 e. The molecule has 1 aliphatic rings. The molecular weight excluding hydrogens is 284 g/mol. The highest BCUT2D eigenvalue weighted by atomic mass is 16.4. The molecule has 0 heterocycles. The lowest BCUT2D eigenvalue weighted by atomic mass is 9.57. The van der Waals surface area contributed by atoms with E-state index in [1.807, 2.05) is 0 Å². The van der Waals surface area contributed by atoms with E-state index >= 15 is 0 Å². The van der Waals surface area contributed by atoms with Crippen LogP contribution in [-0.4, -0.2) is 11.1 Å². The molecule has 128 valence electrons. The highest BCUT2D eigenvalue weighted by Crippen LogP contribution is 2.62. The lowest BCUT2D eigenvalue weighted by molar-refractivity contribution is -0.137. The predicted octanol–water partition coefficient (Wildman–Crippen LogP) is 5.76. The quantitative estimate of drug-likeness (QED) is 0.649. The van der Waals surface area contributed by atoms with E-state index in [9.17, 15) is 4.79 Å². The third-order valence-electron chi connectivity index (χ3n) is 6.90. The standard InChI is InChI=1S/C21H32O2/c1-15(11-7-6-8-14-19(22)23)21(5)16(2)17-12-9-10-13-18(17)20(21,3)4/h9-10,12-13,15-16H,6-8,11,14H2,1-5H3,(H,22,23). The Balaban J connectivity index is 2.07. The summed E-state index contributed by atoms with van der Waals surface area (Å²) in [7, 11) is 0. The van der Waals surface area contributed by atoms with Crippen molar-refractivity contribution in [2.24, 2.45) is 11.3 Å². The van der Waals surface area contributed by atoms with Gasteiger partial charge in [0, 0.05) is 6.42 Å². The molecule has 23 heavy (non-hydrogen) atoms. The zero-order valence-electron chi connectivity index (χ0n) is 15.4. The topological polar surface area (TPSA) is 37.3 Å². The van der Waals surface area contributed by atoms with Crippen LogP contribution >= 0.6 is 0 Å². The summed E-state index contributed by atoms with van der Waals surface area (Å²) in [5.41, 5.74) is 3.43. The number of fused-ring (bicyclic) bond motifs is 1. The maximum absolute atomic E-state index is 10.6. The predicted molar refractivity (Wildman–Crippen MR) is 95.9 cm³/mol. The molecular formula is C21H32O2. The van der Waals surface area contributed by atoms with Crippen molar-refractivity contribution in [3.8, 4) is 0 Å². The SMILES string of the molecule is CC(CCCCCC(=O)O)C1(C)C(C)c2ccccc2C1(C)C. The zero-order chi connectivity index (χ0) is 17.3. The van der Waals surface area contributed by atoms with Gasteiger partial charge in [0.25, 0.3) is 0 Å². The fourth-order valence-corrected chi connectivity index (χ4v) is 4.84. The number of carbonyl (C=O) groups is 1. The number of unbranched alkanes of at least 4 members (excludes halogenated alkanes) is 2. The van der Waals surface area contributed by atoms with Crippen LogP contribution in [0.25, 0.3) is 0 Å². The van der Waals surface area contributed by atoms with Gasteiger partial charge in [-0.15, -0.1) is 0 Å². The Labute approximate surface area is 141 Å². The Kier molecular flexibility index (Phi) is 5.23. The van der Waals surface area contributed by atoms with E-state index < -0.39 is 5.97 Å². The lowest BCUT2D eigenvalue weighted by Crippen LogP contribution is -2.42. The van der Waals surface area contributed by atoms with Gasteiger partial charge in [0.15, 0.2) is 0 Å². The average Bonchev–Trinajstić information content (AvgIpc) is 2.66. The highest BCUT2D eigenvalue weighted by molar-refractivity contribution is 5.66. The van der Waals surface area contributed by atoms with E-state index in [1.165, 1.54) is 17.5 Å². The molecule has 0 saturated heterocycles. The molecule has 1 aromatic rings. The number of carboxylic acid groups (broad SMARTS) is 1. The molecule has 0 saturated carbocycles. The third-order valence-corrected chi connectivity index (χ3v) is 6.90. The van der Waals surface area contributed by atoms with E-state index in [0.717, 1.165) is 19.3 Å². The van der Waals surface area contributed by atoms with Gasteiger partial charge in [-0.05, 0) is 40.2 Å². The van der Waals surface area contributed by atoms with Crippen LogP contribution in [0, 0.1) is 11.3 Å². The van der Waals surface area contributed by atoms with Gasteiger partial charge >= 0.3 is 5.97 Å². The molecule has 0 amide bonds. The fraction of sp³-hybridized carbons (Fsp3) is 0.667. The Bertz CT molecular complexity index is 561. The number of aliphatic carboxylic acids is 1. The van der Waals surface area contributed by atoms with Crippen LogP contribution in [0.2, 0.25) is 0 Å². The van der Waals surface area contributed by atoms with Crippen LogP contribution in [0.5, 0.6) is 0 Å². The minimum absolute atomic E-state index is 0.170. The molecule has 0 bridgehead atoms. The molecule has 2 nitrogen and oxygen atoms in total. The summed E-state index contributed by atoms with van der Waals surface area (Å²) < 4.78 is 0. The van der Waals surface area contributed by atoms with Crippen molar-refractivity contribution in [3.05, 3.63) is 35.4 Å². The Morgan fingerprint density at radius 2 is 1.83 bits per heavy atom. The summed E-state index contributed by atoms with van der Waals surface area (Å²) in [6.45, 7) is 12.0. The first-order valence-corrected chi connectivity index (χ1v) is 9.04. The molecule has 3 unspecified atom stereocenters. The first kappa shape index (κ1) is 18.0. The van der Waals surface area contributed by atoms with Crippen LogP contribution in [0.15, 0.2) is 24.3 Å². The van der Waals surface area contributed by atoms with Crippen molar-refractivity contribution in [1.82, 2.24) is 0 Å². The minimum atomic E-state index is -0.675. The fourth-order valence-electron chi connectivity index (χ4n) is 4.84. The maximum atomic E-state index is 10.6. The number of rotatable bonds is 7. The normalized spacial score (nSPS) is 26.7. The van der Waals surface area contributed by atoms with Gasteiger partial charge in [-0.3, -0.25) is 4.79 Å². The van der Waals surface area contributed by atoms with Crippen LogP contribution < -0.4 is 0 Å². The number of hydrogen-bond acceptors (Lipinski definition) is 1. The van der Waals surface area contributed by atoms with Gasteiger partial charge in [-0.25, -0.2) is 0 Å². The monoisotopic (exact) mass is 316 g/mol. The van der Waals surface area contributed by atoms with Gasteiger partial charge in [0.2, 0.25) is 0 Å². The molecule has 1 aliphatic carbocycles. The second kappa shape index (κ2) is 6.67. The van der Waals surface area contributed by atoms with Crippen LogP contribution in [-0.2, 0) is 10.2 Å². The van der Waals surface area contributed by atoms with Crippen molar-refractivity contribution in [3.63, 3.8) is 0 Å². The van der Waals surface area contributed by atoms with E-state index in [1.54, 1.807) is 0 Å². The minimum Gasteiger partial charge on any atom is -0.481 e.